The monoisotopic (exact) mass is 487 g/mol. The van der Waals surface area contributed by atoms with Gasteiger partial charge in [-0.05, 0) is 54.4 Å². The van der Waals surface area contributed by atoms with E-state index in [1.54, 1.807) is 20.8 Å². The summed E-state index contributed by atoms with van der Waals surface area (Å²) in [4.78, 5) is 30.2. The summed E-state index contributed by atoms with van der Waals surface area (Å²) in [7, 11) is 0. The second-order valence-corrected chi connectivity index (χ2v) is 8.12. The molecule has 1 aromatic heterocycles. The van der Waals surface area contributed by atoms with Gasteiger partial charge in [0.2, 0.25) is 5.88 Å². The van der Waals surface area contributed by atoms with Crippen LogP contribution in [0.15, 0.2) is 44.3 Å². The number of H-pyrrole nitrogens is 1. The number of hydrogen-bond donors (Lipinski definition) is 2. The van der Waals surface area contributed by atoms with E-state index in [4.69, 9.17) is 9.47 Å². The number of aromatic amines is 1. The van der Waals surface area contributed by atoms with Crippen LogP contribution in [0.1, 0.15) is 32.4 Å². The van der Waals surface area contributed by atoms with Crippen LogP contribution in [0.3, 0.4) is 0 Å². The van der Waals surface area contributed by atoms with Gasteiger partial charge in [-0.1, -0.05) is 28.1 Å². The van der Waals surface area contributed by atoms with E-state index in [1.807, 2.05) is 24.3 Å². The number of halogens is 2. The van der Waals surface area contributed by atoms with E-state index < -0.39 is 17.7 Å². The van der Waals surface area contributed by atoms with Crippen molar-refractivity contribution in [3.05, 3.63) is 55.5 Å². The number of nitrogens with zero attached hydrogens (tertiary/aromatic N) is 1. The molecule has 0 radical (unpaired) electrons. The molecule has 1 atom stereocenters. The molecule has 0 spiro atoms. The molecule has 140 valence electrons. The predicted molar refractivity (Wildman–Crippen MR) is 104 cm³/mol. The van der Waals surface area contributed by atoms with E-state index in [0.29, 0.717) is 0 Å². The Kier molecular flexibility index (Phi) is 6.82. The standard InChI is InChI=1S/C17H19Br2N3O4/c1-17(2,3)26-16(24)22-12(10-4-6-11(18)7-5-10)8-25-15-13(19)14(23)20-9-21-15/h4-7,9,12H,8H2,1-3H3,(H,22,24)(H,20,21,23)/t12-/m0/s1. The van der Waals surface area contributed by atoms with Gasteiger partial charge in [-0.25, -0.2) is 9.78 Å². The Morgan fingerprint density at radius 1 is 1.27 bits per heavy atom. The summed E-state index contributed by atoms with van der Waals surface area (Å²) < 4.78 is 12.0. The van der Waals surface area contributed by atoms with Crippen molar-refractivity contribution >= 4 is 38.0 Å². The molecule has 2 N–H and O–H groups in total. The minimum atomic E-state index is -0.619. The Balaban J connectivity index is 2.17. The normalized spacial score (nSPS) is 12.3. The van der Waals surface area contributed by atoms with Crippen molar-refractivity contribution in [3.8, 4) is 5.88 Å². The van der Waals surface area contributed by atoms with Crippen LogP contribution < -0.4 is 15.6 Å². The molecule has 2 rings (SSSR count). The molecule has 0 aliphatic heterocycles. The maximum Gasteiger partial charge on any atom is 0.408 e. The molecule has 2 aromatic rings. The van der Waals surface area contributed by atoms with Crippen LogP contribution in [-0.2, 0) is 4.74 Å². The highest BCUT2D eigenvalue weighted by Gasteiger charge is 2.22. The van der Waals surface area contributed by atoms with E-state index in [9.17, 15) is 9.59 Å². The van der Waals surface area contributed by atoms with E-state index in [1.165, 1.54) is 6.33 Å². The van der Waals surface area contributed by atoms with Crippen LogP contribution in [0, 0.1) is 0 Å². The van der Waals surface area contributed by atoms with Crippen molar-refractivity contribution in [2.75, 3.05) is 6.61 Å². The second-order valence-electron chi connectivity index (χ2n) is 6.41. The van der Waals surface area contributed by atoms with Crippen molar-refractivity contribution in [1.29, 1.82) is 0 Å². The molecule has 0 bridgehead atoms. The van der Waals surface area contributed by atoms with Crippen LogP contribution in [0.5, 0.6) is 5.88 Å². The van der Waals surface area contributed by atoms with Crippen LogP contribution in [0.2, 0.25) is 0 Å². The first-order valence-electron chi connectivity index (χ1n) is 7.76. The molecule has 0 aliphatic carbocycles. The van der Waals surface area contributed by atoms with Gasteiger partial charge in [0.1, 0.15) is 16.7 Å². The maximum absolute atomic E-state index is 12.2. The van der Waals surface area contributed by atoms with Crippen LogP contribution in [0.25, 0.3) is 0 Å². The number of hydrogen-bond acceptors (Lipinski definition) is 5. The van der Waals surface area contributed by atoms with Gasteiger partial charge in [-0.2, -0.15) is 0 Å². The van der Waals surface area contributed by atoms with Crippen LogP contribution >= 0.6 is 31.9 Å². The van der Waals surface area contributed by atoms with Gasteiger partial charge in [0.05, 0.1) is 12.4 Å². The molecular formula is C17H19Br2N3O4. The Morgan fingerprint density at radius 3 is 2.54 bits per heavy atom. The molecule has 1 amide bonds. The van der Waals surface area contributed by atoms with Gasteiger partial charge in [0.15, 0.2) is 0 Å². The third kappa shape index (κ3) is 6.14. The van der Waals surface area contributed by atoms with Crippen LogP contribution in [-0.4, -0.2) is 28.3 Å². The number of nitrogens with one attached hydrogen (secondary N) is 2. The Morgan fingerprint density at radius 2 is 1.92 bits per heavy atom. The number of amides is 1. The molecule has 0 fully saturated rings. The van der Waals surface area contributed by atoms with Gasteiger partial charge in [-0.3, -0.25) is 4.79 Å². The largest absolute Gasteiger partial charge is 0.474 e. The number of ether oxygens (including phenoxy) is 2. The summed E-state index contributed by atoms with van der Waals surface area (Å²) in [5, 5.41) is 2.78. The molecule has 7 nitrogen and oxygen atoms in total. The minimum Gasteiger partial charge on any atom is -0.474 e. The van der Waals surface area contributed by atoms with Crippen molar-refractivity contribution in [1.82, 2.24) is 15.3 Å². The lowest BCUT2D eigenvalue weighted by atomic mass is 10.1. The molecule has 0 saturated carbocycles. The Bertz CT molecular complexity index is 816. The fourth-order valence-electron chi connectivity index (χ4n) is 2.00. The van der Waals surface area contributed by atoms with Crippen molar-refractivity contribution in [2.45, 2.75) is 32.4 Å². The van der Waals surface area contributed by atoms with E-state index >= 15 is 0 Å². The number of carbonyl (C=O) groups excluding carboxylic acids is 1. The Hall–Kier alpha value is -1.87. The zero-order valence-electron chi connectivity index (χ0n) is 14.5. The highest BCUT2D eigenvalue weighted by molar-refractivity contribution is 9.10. The zero-order valence-corrected chi connectivity index (χ0v) is 17.7. The molecule has 0 unspecified atom stereocenters. The lowest BCUT2D eigenvalue weighted by Gasteiger charge is -2.24. The van der Waals surface area contributed by atoms with Crippen molar-refractivity contribution in [2.24, 2.45) is 0 Å². The average Bonchev–Trinajstić information content (AvgIpc) is 2.54. The molecular weight excluding hydrogens is 470 g/mol. The average molecular weight is 489 g/mol. The fraction of sp³-hybridized carbons (Fsp3) is 0.353. The number of carbonyl (C=O) groups is 1. The van der Waals surface area contributed by atoms with Gasteiger partial charge < -0.3 is 19.8 Å². The lowest BCUT2D eigenvalue weighted by Crippen LogP contribution is -2.37. The van der Waals surface area contributed by atoms with E-state index in [2.05, 4.69) is 47.1 Å². The summed E-state index contributed by atoms with van der Waals surface area (Å²) >= 11 is 6.52. The van der Waals surface area contributed by atoms with Crippen molar-refractivity contribution in [3.63, 3.8) is 0 Å². The third-order valence-corrected chi connectivity index (χ3v) is 4.34. The quantitative estimate of drug-likeness (QED) is 0.664. The summed E-state index contributed by atoms with van der Waals surface area (Å²) in [6.07, 6.45) is 0.685. The number of alkyl carbamates (subject to hydrolysis) is 1. The first kappa shape index (κ1) is 20.4. The molecule has 1 aromatic carbocycles. The number of rotatable bonds is 5. The SMILES string of the molecule is CC(C)(C)OC(=O)N[C@@H](COc1nc[nH]c(=O)c1Br)c1ccc(Br)cc1. The van der Waals surface area contributed by atoms with Crippen molar-refractivity contribution < 1.29 is 14.3 Å². The molecule has 26 heavy (non-hydrogen) atoms. The minimum absolute atomic E-state index is 0.0654. The zero-order chi connectivity index (χ0) is 19.3. The third-order valence-electron chi connectivity index (χ3n) is 3.11. The molecule has 0 aliphatic rings. The summed E-state index contributed by atoms with van der Waals surface area (Å²) in [6.45, 7) is 5.43. The van der Waals surface area contributed by atoms with E-state index in [-0.39, 0.29) is 22.5 Å². The fourth-order valence-corrected chi connectivity index (χ4v) is 2.59. The maximum atomic E-state index is 12.2. The van der Waals surface area contributed by atoms with Gasteiger partial charge >= 0.3 is 6.09 Å². The van der Waals surface area contributed by atoms with Crippen LogP contribution in [0.4, 0.5) is 4.79 Å². The molecule has 0 saturated heterocycles. The summed E-state index contributed by atoms with van der Waals surface area (Å²) in [5.74, 6) is 0.141. The van der Waals surface area contributed by atoms with Gasteiger partial charge in [0.25, 0.3) is 5.56 Å². The Labute approximate surface area is 167 Å². The number of benzene rings is 1. The predicted octanol–water partition coefficient (Wildman–Crippen LogP) is 3.94. The second kappa shape index (κ2) is 8.68. The first-order valence-corrected chi connectivity index (χ1v) is 9.35. The van der Waals surface area contributed by atoms with E-state index in [0.717, 1.165) is 10.0 Å². The lowest BCUT2D eigenvalue weighted by molar-refractivity contribution is 0.0486. The molecule has 1 heterocycles. The molecule has 9 heteroatoms. The highest BCUT2D eigenvalue weighted by atomic mass is 79.9. The first-order chi connectivity index (χ1) is 12.2. The van der Waals surface area contributed by atoms with Gasteiger partial charge in [-0.15, -0.1) is 0 Å². The topological polar surface area (TPSA) is 93.3 Å². The summed E-state index contributed by atoms with van der Waals surface area (Å²) in [5.41, 5.74) is -0.151. The smallest absolute Gasteiger partial charge is 0.408 e. The highest BCUT2D eigenvalue weighted by Crippen LogP contribution is 2.21. The summed E-state index contributed by atoms with van der Waals surface area (Å²) in [6, 6.07) is 6.94. The van der Waals surface area contributed by atoms with Gasteiger partial charge in [0, 0.05) is 4.47 Å². The number of aromatic nitrogens is 2.